The third-order valence-electron chi connectivity index (χ3n) is 5.21. The Labute approximate surface area is 180 Å². The molecule has 1 aliphatic rings. The standard InChI is InChI=1S/C20H22FN5O2S2/c1-16-5-2-3-8-19(16)25-14-22-26(20(25)29)15-23-9-11-24(12-10-23)30(27,28)18-7-4-6-17(21)13-18/h2-8,13-14H,9-12,15H2,1H3. The van der Waals surface area contributed by atoms with Crippen molar-refractivity contribution in [3.63, 3.8) is 0 Å². The molecule has 30 heavy (non-hydrogen) atoms. The van der Waals surface area contributed by atoms with E-state index in [1.165, 1.54) is 22.5 Å². The second kappa shape index (κ2) is 8.38. The van der Waals surface area contributed by atoms with Crippen molar-refractivity contribution in [2.45, 2.75) is 18.5 Å². The lowest BCUT2D eigenvalue weighted by Gasteiger charge is -2.33. The Morgan fingerprint density at radius 2 is 1.80 bits per heavy atom. The molecule has 0 atom stereocenters. The van der Waals surface area contributed by atoms with Gasteiger partial charge in [0.05, 0.1) is 17.3 Å². The molecule has 10 heteroatoms. The molecule has 1 aliphatic heterocycles. The van der Waals surface area contributed by atoms with Crippen LogP contribution in [0.15, 0.2) is 59.8 Å². The summed E-state index contributed by atoms with van der Waals surface area (Å²) in [4.78, 5) is 2.08. The first-order valence-corrected chi connectivity index (χ1v) is 11.4. The van der Waals surface area contributed by atoms with E-state index < -0.39 is 15.8 Å². The van der Waals surface area contributed by atoms with Gasteiger partial charge in [-0.15, -0.1) is 0 Å². The van der Waals surface area contributed by atoms with Crippen molar-refractivity contribution in [3.8, 4) is 5.69 Å². The van der Waals surface area contributed by atoms with Gasteiger partial charge in [0.15, 0.2) is 0 Å². The Kier molecular flexibility index (Phi) is 5.83. The zero-order chi connectivity index (χ0) is 21.3. The topological polar surface area (TPSA) is 63.4 Å². The number of aromatic nitrogens is 3. The highest BCUT2D eigenvalue weighted by Gasteiger charge is 2.29. The van der Waals surface area contributed by atoms with Gasteiger partial charge in [0, 0.05) is 26.2 Å². The van der Waals surface area contributed by atoms with Gasteiger partial charge in [0.25, 0.3) is 0 Å². The molecule has 3 aromatic rings. The maximum absolute atomic E-state index is 13.4. The zero-order valence-electron chi connectivity index (χ0n) is 16.5. The largest absolute Gasteiger partial charge is 0.282 e. The number of benzene rings is 2. The molecular formula is C20H22FN5O2S2. The minimum atomic E-state index is -3.71. The summed E-state index contributed by atoms with van der Waals surface area (Å²) in [6, 6.07) is 13.1. The SMILES string of the molecule is Cc1ccccc1-n1cnn(CN2CCN(S(=O)(=O)c3cccc(F)c3)CC2)c1=S. The van der Waals surface area contributed by atoms with Crippen molar-refractivity contribution < 1.29 is 12.8 Å². The number of hydrogen-bond acceptors (Lipinski definition) is 5. The molecule has 0 unspecified atom stereocenters. The zero-order valence-corrected chi connectivity index (χ0v) is 18.1. The minimum absolute atomic E-state index is 0.0184. The van der Waals surface area contributed by atoms with E-state index >= 15 is 0 Å². The number of nitrogens with zero attached hydrogens (tertiary/aromatic N) is 5. The Bertz CT molecular complexity index is 1210. The number of para-hydroxylation sites is 1. The third kappa shape index (κ3) is 4.08. The summed E-state index contributed by atoms with van der Waals surface area (Å²) in [5.74, 6) is -0.562. The lowest BCUT2D eigenvalue weighted by Crippen LogP contribution is -2.48. The Balaban J connectivity index is 1.44. The van der Waals surface area contributed by atoms with Gasteiger partial charge < -0.3 is 0 Å². The highest BCUT2D eigenvalue weighted by Crippen LogP contribution is 2.19. The van der Waals surface area contributed by atoms with Crippen molar-refractivity contribution in [2.24, 2.45) is 0 Å². The van der Waals surface area contributed by atoms with Crippen LogP contribution in [0.3, 0.4) is 0 Å². The van der Waals surface area contributed by atoms with Crippen LogP contribution in [0, 0.1) is 17.5 Å². The van der Waals surface area contributed by atoms with Gasteiger partial charge in [-0.25, -0.2) is 17.5 Å². The monoisotopic (exact) mass is 447 g/mol. The van der Waals surface area contributed by atoms with Crippen molar-refractivity contribution in [2.75, 3.05) is 26.2 Å². The normalized spacial score (nSPS) is 16.1. The molecule has 7 nitrogen and oxygen atoms in total. The second-order valence-corrected chi connectivity index (χ2v) is 9.49. The third-order valence-corrected chi connectivity index (χ3v) is 7.51. The van der Waals surface area contributed by atoms with E-state index in [0.717, 1.165) is 17.3 Å². The van der Waals surface area contributed by atoms with Gasteiger partial charge in [0.1, 0.15) is 12.1 Å². The lowest BCUT2D eigenvalue weighted by atomic mass is 10.2. The predicted octanol–water partition coefficient (Wildman–Crippen LogP) is 2.81. The van der Waals surface area contributed by atoms with Crippen molar-refractivity contribution in [3.05, 3.63) is 71.0 Å². The molecule has 1 fully saturated rings. The summed E-state index contributed by atoms with van der Waals surface area (Å²) < 4.78 is 44.5. The van der Waals surface area contributed by atoms with Gasteiger partial charge in [-0.2, -0.15) is 9.40 Å². The van der Waals surface area contributed by atoms with Gasteiger partial charge in [-0.05, 0) is 49.0 Å². The van der Waals surface area contributed by atoms with E-state index in [1.807, 2.05) is 35.8 Å². The van der Waals surface area contributed by atoms with Crippen LogP contribution < -0.4 is 0 Å². The molecule has 4 rings (SSSR count). The summed E-state index contributed by atoms with van der Waals surface area (Å²) in [6.07, 6.45) is 1.70. The van der Waals surface area contributed by atoms with E-state index in [1.54, 1.807) is 11.0 Å². The number of hydrogen-bond donors (Lipinski definition) is 0. The van der Waals surface area contributed by atoms with Crippen LogP contribution >= 0.6 is 12.2 Å². The first kappa shape index (κ1) is 20.9. The fourth-order valence-electron chi connectivity index (χ4n) is 3.51. The molecule has 0 saturated carbocycles. The van der Waals surface area contributed by atoms with Gasteiger partial charge in [-0.1, -0.05) is 24.3 Å². The number of piperazine rings is 1. The van der Waals surface area contributed by atoms with E-state index in [-0.39, 0.29) is 4.90 Å². The van der Waals surface area contributed by atoms with Crippen molar-refractivity contribution >= 4 is 22.2 Å². The van der Waals surface area contributed by atoms with Crippen LogP contribution in [0.4, 0.5) is 4.39 Å². The number of rotatable bonds is 5. The van der Waals surface area contributed by atoms with Crippen LogP contribution in [0.2, 0.25) is 0 Å². The molecule has 2 heterocycles. The molecule has 0 spiro atoms. The van der Waals surface area contributed by atoms with E-state index in [2.05, 4.69) is 10.00 Å². The Morgan fingerprint density at radius 1 is 1.07 bits per heavy atom. The highest BCUT2D eigenvalue weighted by atomic mass is 32.2. The van der Waals surface area contributed by atoms with E-state index in [9.17, 15) is 12.8 Å². The van der Waals surface area contributed by atoms with Gasteiger partial charge in [-0.3, -0.25) is 9.47 Å². The van der Waals surface area contributed by atoms with E-state index in [4.69, 9.17) is 12.2 Å². The van der Waals surface area contributed by atoms with Crippen LogP contribution in [0.1, 0.15) is 5.56 Å². The summed E-state index contributed by atoms with van der Waals surface area (Å²) in [7, 11) is -3.71. The molecule has 0 N–H and O–H groups in total. The fraction of sp³-hybridized carbons (Fsp3) is 0.300. The van der Waals surface area contributed by atoms with Crippen LogP contribution in [0.25, 0.3) is 5.69 Å². The molecular weight excluding hydrogens is 425 g/mol. The van der Waals surface area contributed by atoms with Crippen molar-refractivity contribution in [1.29, 1.82) is 0 Å². The maximum Gasteiger partial charge on any atom is 0.243 e. The average Bonchev–Trinajstić information content (AvgIpc) is 3.09. The number of aryl methyl sites for hydroxylation is 1. The van der Waals surface area contributed by atoms with Crippen LogP contribution in [-0.2, 0) is 16.7 Å². The van der Waals surface area contributed by atoms with E-state index in [0.29, 0.717) is 37.6 Å². The van der Waals surface area contributed by atoms with Gasteiger partial charge in [0.2, 0.25) is 14.8 Å². The summed E-state index contributed by atoms with van der Waals surface area (Å²) in [5.41, 5.74) is 2.09. The fourth-order valence-corrected chi connectivity index (χ4v) is 5.21. The smallest absolute Gasteiger partial charge is 0.243 e. The Morgan fingerprint density at radius 3 is 2.50 bits per heavy atom. The maximum atomic E-state index is 13.4. The second-order valence-electron chi connectivity index (χ2n) is 7.19. The predicted molar refractivity (Wildman–Crippen MR) is 114 cm³/mol. The quantitative estimate of drug-likeness (QED) is 0.563. The molecule has 0 bridgehead atoms. The molecule has 0 aliphatic carbocycles. The minimum Gasteiger partial charge on any atom is -0.282 e. The molecule has 0 radical (unpaired) electrons. The van der Waals surface area contributed by atoms with Crippen molar-refractivity contribution in [1.82, 2.24) is 23.6 Å². The first-order valence-electron chi connectivity index (χ1n) is 9.55. The lowest BCUT2D eigenvalue weighted by molar-refractivity contribution is 0.144. The van der Waals surface area contributed by atoms with Crippen LogP contribution in [-0.4, -0.2) is 58.1 Å². The molecule has 0 amide bonds. The molecule has 1 aromatic heterocycles. The summed E-state index contributed by atoms with van der Waals surface area (Å²) >= 11 is 5.59. The molecule has 158 valence electrons. The number of sulfonamides is 1. The number of halogens is 1. The van der Waals surface area contributed by atoms with Gasteiger partial charge >= 0.3 is 0 Å². The highest BCUT2D eigenvalue weighted by molar-refractivity contribution is 7.89. The first-order chi connectivity index (χ1) is 14.4. The summed E-state index contributed by atoms with van der Waals surface area (Å²) in [6.45, 7) is 4.22. The van der Waals surface area contributed by atoms with Crippen LogP contribution in [0.5, 0.6) is 0 Å². The average molecular weight is 448 g/mol. The molecule has 2 aromatic carbocycles. The summed E-state index contributed by atoms with van der Waals surface area (Å²) in [5, 5.41) is 4.41. The Hall–Kier alpha value is -2.40. The molecule has 1 saturated heterocycles.